The van der Waals surface area contributed by atoms with E-state index in [9.17, 15) is 0 Å². The Morgan fingerprint density at radius 1 is 1.31 bits per heavy atom. The van der Waals surface area contributed by atoms with Crippen molar-refractivity contribution in [2.45, 2.75) is 33.7 Å². The van der Waals surface area contributed by atoms with Gasteiger partial charge < -0.3 is 5.32 Å². The zero-order valence-electron chi connectivity index (χ0n) is 9.99. The lowest BCUT2D eigenvalue weighted by Gasteiger charge is -2.06. The summed E-state index contributed by atoms with van der Waals surface area (Å²) in [7, 11) is 0. The molecule has 0 amide bonds. The molecule has 0 aliphatic heterocycles. The van der Waals surface area contributed by atoms with Crippen molar-refractivity contribution < 1.29 is 0 Å². The largest absolute Gasteiger partial charge is 0.368 e. The highest BCUT2D eigenvalue weighted by Gasteiger charge is 2.12. The van der Waals surface area contributed by atoms with Gasteiger partial charge in [0, 0.05) is 13.1 Å². The Balaban J connectivity index is 2.55. The molecule has 0 radical (unpaired) electrons. The summed E-state index contributed by atoms with van der Waals surface area (Å²) >= 11 is 0. The first-order valence-electron chi connectivity index (χ1n) is 5.69. The first-order chi connectivity index (χ1) is 7.77. The summed E-state index contributed by atoms with van der Waals surface area (Å²) < 4.78 is 1.95. The maximum atomic E-state index is 4.45. The molecule has 1 N–H and O–H groups in total. The van der Waals surface area contributed by atoms with Gasteiger partial charge in [0.2, 0.25) is 0 Å². The second kappa shape index (κ2) is 4.47. The van der Waals surface area contributed by atoms with Crippen LogP contribution in [0.25, 0.3) is 11.0 Å². The molecule has 0 aliphatic carbocycles. The molecule has 86 valence electrons. The molecule has 2 aromatic rings. The number of anilines is 1. The average Bonchev–Trinajstić information content (AvgIpc) is 2.64. The van der Waals surface area contributed by atoms with Gasteiger partial charge in [-0.2, -0.15) is 5.10 Å². The van der Waals surface area contributed by atoms with Crippen LogP contribution in [0.4, 0.5) is 5.82 Å². The molecule has 16 heavy (non-hydrogen) atoms. The normalized spacial score (nSPS) is 10.9. The molecule has 0 saturated heterocycles. The fraction of sp³-hybridized carbons (Fsp3) is 0.545. The molecule has 2 heterocycles. The maximum Gasteiger partial charge on any atom is 0.155 e. The number of nitrogens with one attached hydrogen (secondary N) is 1. The van der Waals surface area contributed by atoms with E-state index in [0.717, 1.165) is 42.1 Å². The van der Waals surface area contributed by atoms with Crippen molar-refractivity contribution in [3.63, 3.8) is 0 Å². The van der Waals surface area contributed by atoms with E-state index < -0.39 is 0 Å². The number of rotatable bonds is 4. The van der Waals surface area contributed by atoms with Crippen LogP contribution in [0.15, 0.2) is 6.33 Å². The summed E-state index contributed by atoms with van der Waals surface area (Å²) in [6.07, 6.45) is 2.67. The van der Waals surface area contributed by atoms with Crippen LogP contribution in [-0.2, 0) is 6.54 Å². The number of nitrogens with zero attached hydrogens (tertiary/aromatic N) is 4. The molecule has 0 bridgehead atoms. The van der Waals surface area contributed by atoms with Crippen molar-refractivity contribution in [2.24, 2.45) is 0 Å². The van der Waals surface area contributed by atoms with Gasteiger partial charge in [-0.3, -0.25) is 4.68 Å². The highest BCUT2D eigenvalue weighted by molar-refractivity contribution is 5.87. The summed E-state index contributed by atoms with van der Waals surface area (Å²) in [5.41, 5.74) is 2.91. The van der Waals surface area contributed by atoms with Crippen molar-refractivity contribution in [3.05, 3.63) is 12.0 Å². The molecule has 0 fully saturated rings. The van der Waals surface area contributed by atoms with Gasteiger partial charge in [-0.05, 0) is 20.3 Å². The molecule has 0 spiro atoms. The zero-order valence-corrected chi connectivity index (χ0v) is 9.99. The molecule has 5 heteroatoms. The van der Waals surface area contributed by atoms with Crippen molar-refractivity contribution in [3.8, 4) is 0 Å². The van der Waals surface area contributed by atoms with Gasteiger partial charge in [-0.25, -0.2) is 9.97 Å². The van der Waals surface area contributed by atoms with Gasteiger partial charge in [0.1, 0.15) is 17.4 Å². The first kappa shape index (κ1) is 10.9. The summed E-state index contributed by atoms with van der Waals surface area (Å²) in [5, 5.41) is 7.76. The number of aryl methyl sites for hydroxylation is 2. The fourth-order valence-electron chi connectivity index (χ4n) is 1.77. The van der Waals surface area contributed by atoms with E-state index in [1.54, 1.807) is 6.33 Å². The molecular formula is C11H17N5. The van der Waals surface area contributed by atoms with Crippen LogP contribution in [0, 0.1) is 6.92 Å². The Labute approximate surface area is 94.9 Å². The summed E-state index contributed by atoms with van der Waals surface area (Å²) in [4.78, 5) is 8.57. The third-order valence-corrected chi connectivity index (χ3v) is 2.54. The molecular weight excluding hydrogens is 202 g/mol. The average molecular weight is 219 g/mol. The summed E-state index contributed by atoms with van der Waals surface area (Å²) in [6.45, 7) is 7.93. The lowest BCUT2D eigenvalue weighted by atomic mass is 10.3. The molecule has 2 rings (SSSR count). The van der Waals surface area contributed by atoms with Gasteiger partial charge in [0.25, 0.3) is 0 Å². The third-order valence-electron chi connectivity index (χ3n) is 2.54. The van der Waals surface area contributed by atoms with Crippen LogP contribution < -0.4 is 5.32 Å². The van der Waals surface area contributed by atoms with Crippen LogP contribution in [0.1, 0.15) is 26.0 Å². The van der Waals surface area contributed by atoms with Crippen molar-refractivity contribution in [1.82, 2.24) is 19.7 Å². The van der Waals surface area contributed by atoms with E-state index in [-0.39, 0.29) is 0 Å². The molecule has 0 aliphatic rings. The van der Waals surface area contributed by atoms with E-state index in [4.69, 9.17) is 0 Å². The highest BCUT2D eigenvalue weighted by atomic mass is 15.3. The highest BCUT2D eigenvalue weighted by Crippen LogP contribution is 2.21. The minimum absolute atomic E-state index is 0.832. The van der Waals surface area contributed by atoms with Gasteiger partial charge >= 0.3 is 0 Å². The van der Waals surface area contributed by atoms with E-state index in [1.165, 1.54) is 0 Å². The van der Waals surface area contributed by atoms with Gasteiger partial charge in [0.15, 0.2) is 5.82 Å². The second-order valence-electron chi connectivity index (χ2n) is 3.75. The van der Waals surface area contributed by atoms with Crippen LogP contribution in [0.2, 0.25) is 0 Å². The molecule has 0 unspecified atom stereocenters. The predicted octanol–water partition coefficient (Wildman–Crippen LogP) is 1.98. The fourth-order valence-corrected chi connectivity index (χ4v) is 1.77. The smallest absolute Gasteiger partial charge is 0.155 e. The Morgan fingerprint density at radius 3 is 2.81 bits per heavy atom. The Hall–Kier alpha value is -1.65. The van der Waals surface area contributed by atoms with Crippen LogP contribution in [-0.4, -0.2) is 26.3 Å². The topological polar surface area (TPSA) is 55.6 Å². The predicted molar refractivity (Wildman–Crippen MR) is 64.5 cm³/mol. The quantitative estimate of drug-likeness (QED) is 0.854. The van der Waals surface area contributed by atoms with E-state index in [2.05, 4.69) is 34.2 Å². The molecule has 0 atom stereocenters. The summed E-state index contributed by atoms with van der Waals surface area (Å²) in [5.74, 6) is 0.884. The van der Waals surface area contributed by atoms with E-state index >= 15 is 0 Å². The number of hydrogen-bond acceptors (Lipinski definition) is 4. The molecule has 0 saturated carbocycles. The molecule has 5 nitrogen and oxygen atoms in total. The third kappa shape index (κ3) is 1.73. The van der Waals surface area contributed by atoms with Crippen LogP contribution in [0.5, 0.6) is 0 Å². The van der Waals surface area contributed by atoms with Crippen molar-refractivity contribution in [2.75, 3.05) is 11.9 Å². The van der Waals surface area contributed by atoms with Crippen LogP contribution in [0.3, 0.4) is 0 Å². The minimum atomic E-state index is 0.832. The number of aromatic nitrogens is 4. The van der Waals surface area contributed by atoms with Crippen molar-refractivity contribution >= 4 is 16.9 Å². The zero-order chi connectivity index (χ0) is 11.5. The Morgan fingerprint density at radius 2 is 2.12 bits per heavy atom. The lowest BCUT2D eigenvalue weighted by Crippen LogP contribution is -2.06. The van der Waals surface area contributed by atoms with E-state index in [1.807, 2.05) is 11.6 Å². The van der Waals surface area contributed by atoms with Gasteiger partial charge in [0.05, 0.1) is 5.69 Å². The van der Waals surface area contributed by atoms with Crippen LogP contribution >= 0.6 is 0 Å². The van der Waals surface area contributed by atoms with Gasteiger partial charge in [-0.1, -0.05) is 6.92 Å². The Bertz CT molecular complexity index is 488. The van der Waals surface area contributed by atoms with E-state index in [0.29, 0.717) is 0 Å². The standard InChI is InChI=1S/C11H17N5/c1-4-6-12-11-10-9(13-7-14-11)8(3)15-16(10)5-2/h7H,4-6H2,1-3H3,(H,12,13,14). The lowest BCUT2D eigenvalue weighted by molar-refractivity contribution is 0.675. The SMILES string of the molecule is CCCNc1ncnc2c(C)nn(CC)c12. The maximum absolute atomic E-state index is 4.45. The van der Waals surface area contributed by atoms with Crippen molar-refractivity contribution in [1.29, 1.82) is 0 Å². The summed E-state index contributed by atoms with van der Waals surface area (Å²) in [6, 6.07) is 0. The van der Waals surface area contributed by atoms with Gasteiger partial charge in [-0.15, -0.1) is 0 Å². The number of hydrogen-bond donors (Lipinski definition) is 1. The second-order valence-corrected chi connectivity index (χ2v) is 3.75. The number of fused-ring (bicyclic) bond motifs is 1. The molecule has 2 aromatic heterocycles. The monoisotopic (exact) mass is 219 g/mol. The Kier molecular flexibility index (Phi) is 3.03. The molecule has 0 aromatic carbocycles. The first-order valence-corrected chi connectivity index (χ1v) is 5.69. The minimum Gasteiger partial charge on any atom is -0.368 e.